The van der Waals surface area contributed by atoms with Crippen LogP contribution in [0.2, 0.25) is 0 Å². The van der Waals surface area contributed by atoms with Crippen LogP contribution in [-0.2, 0) is 12.6 Å². The molecule has 2 aromatic carbocycles. The zero-order chi connectivity index (χ0) is 19.0. The molecule has 1 N–H and O–H groups in total. The minimum absolute atomic E-state index is 0.411. The summed E-state index contributed by atoms with van der Waals surface area (Å²) >= 11 is 0. The summed E-state index contributed by atoms with van der Waals surface area (Å²) in [7, 11) is 0. The van der Waals surface area contributed by atoms with Crippen molar-refractivity contribution in [3.8, 4) is 16.9 Å². The van der Waals surface area contributed by atoms with Crippen LogP contribution in [0.4, 0.5) is 19.0 Å². The fraction of sp³-hybridized carbons (Fsp3) is 0.286. The molecule has 1 aliphatic heterocycles. The van der Waals surface area contributed by atoms with Gasteiger partial charge in [-0.3, -0.25) is 0 Å². The van der Waals surface area contributed by atoms with Crippen LogP contribution in [0, 0.1) is 6.92 Å². The third-order valence-electron chi connectivity index (χ3n) is 4.84. The smallest absolute Gasteiger partial charge is 0.370 e. The maximum Gasteiger partial charge on any atom is 0.416 e. The van der Waals surface area contributed by atoms with Crippen LogP contribution < -0.4 is 5.32 Å². The number of hydrogen-bond acceptors (Lipinski definition) is 2. The minimum atomic E-state index is -4.38. The van der Waals surface area contributed by atoms with E-state index in [1.807, 2.05) is 25.1 Å². The second kappa shape index (κ2) is 6.76. The van der Waals surface area contributed by atoms with Crippen molar-refractivity contribution in [2.45, 2.75) is 32.4 Å². The Hall–Kier alpha value is -2.76. The Kier molecular flexibility index (Phi) is 4.42. The highest BCUT2D eigenvalue weighted by atomic mass is 19.4. The first-order valence-corrected chi connectivity index (χ1v) is 9.04. The first-order valence-electron chi connectivity index (χ1n) is 9.04. The van der Waals surface area contributed by atoms with Gasteiger partial charge < -0.3 is 5.32 Å². The van der Waals surface area contributed by atoms with Crippen LogP contribution in [-0.4, -0.2) is 16.3 Å². The monoisotopic (exact) mass is 371 g/mol. The fourth-order valence-electron chi connectivity index (χ4n) is 3.53. The number of fused-ring (bicyclic) bond motifs is 1. The lowest BCUT2D eigenvalue weighted by Crippen LogP contribution is -2.09. The third-order valence-corrected chi connectivity index (χ3v) is 4.84. The third kappa shape index (κ3) is 3.44. The number of aromatic nitrogens is 2. The zero-order valence-electron chi connectivity index (χ0n) is 15.0. The van der Waals surface area contributed by atoms with Gasteiger partial charge in [0.1, 0.15) is 5.82 Å². The molecule has 0 spiro atoms. The van der Waals surface area contributed by atoms with Gasteiger partial charge >= 0.3 is 6.18 Å². The molecule has 0 fully saturated rings. The molecule has 0 saturated heterocycles. The fourth-order valence-corrected chi connectivity index (χ4v) is 3.53. The summed E-state index contributed by atoms with van der Waals surface area (Å²) in [6.07, 6.45) is -1.49. The van der Waals surface area contributed by atoms with E-state index in [0.29, 0.717) is 5.69 Å². The van der Waals surface area contributed by atoms with Crippen molar-refractivity contribution in [3.05, 3.63) is 65.2 Å². The molecule has 6 heteroatoms. The lowest BCUT2D eigenvalue weighted by atomic mass is 10.0. The number of nitrogens with one attached hydrogen (secondary N) is 1. The average Bonchev–Trinajstić information content (AvgIpc) is 2.82. The van der Waals surface area contributed by atoms with Gasteiger partial charge in [0.15, 0.2) is 0 Å². The van der Waals surface area contributed by atoms with E-state index in [1.54, 1.807) is 10.7 Å². The molecule has 0 unspecified atom stereocenters. The highest BCUT2D eigenvalue weighted by molar-refractivity contribution is 5.71. The van der Waals surface area contributed by atoms with Gasteiger partial charge in [-0.2, -0.15) is 18.3 Å². The minimum Gasteiger partial charge on any atom is -0.370 e. The Bertz CT molecular complexity index is 973. The second-order valence-corrected chi connectivity index (χ2v) is 6.89. The average molecular weight is 371 g/mol. The molecule has 1 aromatic heterocycles. The standard InChI is InChI=1S/C21H20F3N3/c1-14-6-4-7-15(12-14)19-18-10-2-3-11-25-20(18)27(26-19)17-9-5-8-16(13-17)21(22,23)24/h4-9,12-13,25H,2-3,10-11H2,1H3. The predicted molar refractivity (Wildman–Crippen MR) is 100 cm³/mol. The van der Waals surface area contributed by atoms with Gasteiger partial charge in [0, 0.05) is 17.7 Å². The van der Waals surface area contributed by atoms with E-state index in [0.717, 1.165) is 66.1 Å². The molecule has 4 rings (SSSR count). The number of hydrogen-bond donors (Lipinski definition) is 1. The van der Waals surface area contributed by atoms with E-state index in [9.17, 15) is 13.2 Å². The molecule has 0 atom stereocenters. The largest absolute Gasteiger partial charge is 0.416 e. The molecule has 3 aromatic rings. The molecule has 27 heavy (non-hydrogen) atoms. The van der Waals surface area contributed by atoms with Crippen molar-refractivity contribution in [1.82, 2.24) is 9.78 Å². The van der Waals surface area contributed by atoms with Crippen LogP contribution in [0.3, 0.4) is 0 Å². The lowest BCUT2D eigenvalue weighted by molar-refractivity contribution is -0.137. The Balaban J connectivity index is 1.89. The highest BCUT2D eigenvalue weighted by Crippen LogP contribution is 2.36. The van der Waals surface area contributed by atoms with E-state index in [4.69, 9.17) is 5.10 Å². The Labute approximate surface area is 155 Å². The van der Waals surface area contributed by atoms with Crippen molar-refractivity contribution in [3.63, 3.8) is 0 Å². The Morgan fingerprint density at radius 3 is 2.63 bits per heavy atom. The normalized spacial score (nSPS) is 14.4. The molecule has 0 bridgehead atoms. The highest BCUT2D eigenvalue weighted by Gasteiger charge is 2.31. The number of aryl methyl sites for hydroxylation is 1. The number of benzene rings is 2. The molecular formula is C21H20F3N3. The summed E-state index contributed by atoms with van der Waals surface area (Å²) in [5, 5.41) is 8.10. The molecule has 3 nitrogen and oxygen atoms in total. The summed E-state index contributed by atoms with van der Waals surface area (Å²) in [6, 6.07) is 13.4. The topological polar surface area (TPSA) is 29.9 Å². The first kappa shape index (κ1) is 17.6. The molecule has 0 saturated carbocycles. The van der Waals surface area contributed by atoms with Crippen molar-refractivity contribution < 1.29 is 13.2 Å². The van der Waals surface area contributed by atoms with Crippen molar-refractivity contribution >= 4 is 5.82 Å². The Morgan fingerprint density at radius 1 is 1.04 bits per heavy atom. The van der Waals surface area contributed by atoms with Gasteiger partial charge in [-0.1, -0.05) is 29.8 Å². The van der Waals surface area contributed by atoms with Gasteiger partial charge in [-0.15, -0.1) is 0 Å². The van der Waals surface area contributed by atoms with Crippen molar-refractivity contribution in [2.24, 2.45) is 0 Å². The second-order valence-electron chi connectivity index (χ2n) is 6.89. The molecule has 140 valence electrons. The van der Waals surface area contributed by atoms with Gasteiger partial charge in [-0.05, 0) is 50.5 Å². The number of halogens is 3. The molecule has 0 aliphatic carbocycles. The lowest BCUT2D eigenvalue weighted by Gasteiger charge is -2.12. The summed E-state index contributed by atoms with van der Waals surface area (Å²) in [5.41, 5.74) is 3.75. The molecule has 1 aliphatic rings. The van der Waals surface area contributed by atoms with Crippen LogP contribution in [0.1, 0.15) is 29.5 Å². The molecule has 0 amide bonds. The first-order chi connectivity index (χ1) is 12.9. The number of rotatable bonds is 2. The van der Waals surface area contributed by atoms with Gasteiger partial charge in [-0.25, -0.2) is 4.68 Å². The number of alkyl halides is 3. The molecular weight excluding hydrogens is 351 g/mol. The van der Waals surface area contributed by atoms with Gasteiger partial charge in [0.25, 0.3) is 0 Å². The molecule has 0 radical (unpaired) electrons. The van der Waals surface area contributed by atoms with E-state index in [-0.39, 0.29) is 0 Å². The summed E-state index contributed by atoms with van der Waals surface area (Å²) in [5.74, 6) is 0.795. The van der Waals surface area contributed by atoms with Gasteiger partial charge in [0.2, 0.25) is 0 Å². The summed E-state index contributed by atoms with van der Waals surface area (Å²) in [4.78, 5) is 0. The van der Waals surface area contributed by atoms with E-state index >= 15 is 0 Å². The molecule has 2 heterocycles. The maximum atomic E-state index is 13.2. The van der Waals surface area contributed by atoms with Crippen LogP contribution in [0.5, 0.6) is 0 Å². The van der Waals surface area contributed by atoms with Crippen LogP contribution in [0.15, 0.2) is 48.5 Å². The maximum absolute atomic E-state index is 13.2. The zero-order valence-corrected chi connectivity index (χ0v) is 15.0. The van der Waals surface area contributed by atoms with Gasteiger partial charge in [0.05, 0.1) is 16.9 Å². The van der Waals surface area contributed by atoms with Crippen LogP contribution in [0.25, 0.3) is 16.9 Å². The van der Waals surface area contributed by atoms with Crippen LogP contribution >= 0.6 is 0 Å². The SMILES string of the molecule is Cc1cccc(-c2nn(-c3cccc(C(F)(F)F)c3)c3c2CCCCN3)c1. The van der Waals surface area contributed by atoms with Crippen molar-refractivity contribution in [2.75, 3.05) is 11.9 Å². The van der Waals surface area contributed by atoms with E-state index in [1.165, 1.54) is 6.07 Å². The number of anilines is 1. The predicted octanol–water partition coefficient (Wildman–Crippen LogP) is 5.61. The van der Waals surface area contributed by atoms with Crippen molar-refractivity contribution in [1.29, 1.82) is 0 Å². The van der Waals surface area contributed by atoms with E-state index < -0.39 is 11.7 Å². The summed E-state index contributed by atoms with van der Waals surface area (Å²) < 4.78 is 41.1. The van der Waals surface area contributed by atoms with E-state index in [2.05, 4.69) is 11.4 Å². The number of nitrogens with zero attached hydrogens (tertiary/aromatic N) is 2. The Morgan fingerprint density at radius 2 is 1.85 bits per heavy atom. The quantitative estimate of drug-likeness (QED) is 0.634. The summed E-state index contributed by atoms with van der Waals surface area (Å²) in [6.45, 7) is 2.80.